The molecule has 0 fully saturated rings. The minimum atomic E-state index is -0.475. The number of fused-ring (bicyclic) bond motifs is 1. The van der Waals surface area contributed by atoms with Crippen molar-refractivity contribution in [2.75, 3.05) is 0 Å². The van der Waals surface area contributed by atoms with Gasteiger partial charge in [-0.3, -0.25) is 19.4 Å². The van der Waals surface area contributed by atoms with Gasteiger partial charge in [0.2, 0.25) is 0 Å². The lowest BCUT2D eigenvalue weighted by Gasteiger charge is -1.94. The van der Waals surface area contributed by atoms with Gasteiger partial charge in [-0.2, -0.15) is 5.10 Å². The Bertz CT molecular complexity index is 578. The van der Waals surface area contributed by atoms with Gasteiger partial charge in [-0.25, -0.2) is 4.79 Å². The second-order valence-electron chi connectivity index (χ2n) is 2.55. The van der Waals surface area contributed by atoms with E-state index in [-0.39, 0.29) is 0 Å². The van der Waals surface area contributed by atoms with Crippen molar-refractivity contribution in [3.05, 3.63) is 25.4 Å². The van der Waals surface area contributed by atoms with Gasteiger partial charge in [-0.15, -0.1) is 0 Å². The maximum Gasteiger partial charge on any atom is 0.329 e. The SMILES string of the molecule is Cn1c(=O)[nH]c(=O)c2c(Br)[nH]nc21. The van der Waals surface area contributed by atoms with Crippen molar-refractivity contribution >= 4 is 27.0 Å². The van der Waals surface area contributed by atoms with Crippen LogP contribution in [0.25, 0.3) is 11.0 Å². The highest BCUT2D eigenvalue weighted by molar-refractivity contribution is 9.10. The van der Waals surface area contributed by atoms with Crippen molar-refractivity contribution < 1.29 is 0 Å². The Morgan fingerprint density at radius 3 is 2.85 bits per heavy atom. The van der Waals surface area contributed by atoms with Crippen LogP contribution in [0, 0.1) is 0 Å². The summed E-state index contributed by atoms with van der Waals surface area (Å²) in [6, 6.07) is 0. The summed E-state index contributed by atoms with van der Waals surface area (Å²) in [5, 5.41) is 6.73. The number of aryl methyl sites for hydroxylation is 1. The topological polar surface area (TPSA) is 83.5 Å². The number of nitrogens with zero attached hydrogens (tertiary/aromatic N) is 2. The zero-order chi connectivity index (χ0) is 9.59. The van der Waals surface area contributed by atoms with E-state index in [1.54, 1.807) is 0 Å². The zero-order valence-corrected chi connectivity index (χ0v) is 8.17. The van der Waals surface area contributed by atoms with E-state index in [1.165, 1.54) is 11.6 Å². The fraction of sp³-hybridized carbons (Fsp3) is 0.167. The van der Waals surface area contributed by atoms with Gasteiger partial charge in [0.05, 0.1) is 0 Å². The monoisotopic (exact) mass is 244 g/mol. The molecule has 0 bridgehead atoms. The average Bonchev–Trinajstić information content (AvgIpc) is 2.44. The molecule has 0 aliphatic carbocycles. The Morgan fingerprint density at radius 2 is 2.15 bits per heavy atom. The number of nitrogens with one attached hydrogen (secondary N) is 2. The molecule has 2 aromatic heterocycles. The molecule has 0 aliphatic heterocycles. The summed E-state index contributed by atoms with van der Waals surface area (Å²) in [5.41, 5.74) is -0.587. The van der Waals surface area contributed by atoms with Crippen LogP contribution in [0.15, 0.2) is 14.2 Å². The number of aromatic nitrogens is 4. The Balaban J connectivity index is 3.18. The number of halogens is 1. The molecule has 0 amide bonds. The van der Waals surface area contributed by atoms with Crippen LogP contribution in [0.5, 0.6) is 0 Å². The van der Waals surface area contributed by atoms with Crippen molar-refractivity contribution in [1.82, 2.24) is 19.7 Å². The predicted octanol–water partition coefficient (Wildman–Crippen LogP) is -0.288. The lowest BCUT2D eigenvalue weighted by atomic mass is 10.4. The van der Waals surface area contributed by atoms with E-state index in [9.17, 15) is 9.59 Å². The van der Waals surface area contributed by atoms with Crippen molar-refractivity contribution in [3.63, 3.8) is 0 Å². The number of H-pyrrole nitrogens is 2. The van der Waals surface area contributed by atoms with Crippen LogP contribution in [0.4, 0.5) is 0 Å². The molecule has 0 atom stereocenters. The summed E-state index contributed by atoms with van der Waals surface area (Å²) in [4.78, 5) is 24.5. The molecule has 2 rings (SSSR count). The summed E-state index contributed by atoms with van der Waals surface area (Å²) in [7, 11) is 1.54. The minimum Gasteiger partial charge on any atom is -0.279 e. The quantitative estimate of drug-likeness (QED) is 0.669. The van der Waals surface area contributed by atoms with E-state index < -0.39 is 11.2 Å². The second kappa shape index (κ2) is 2.56. The summed E-state index contributed by atoms with van der Waals surface area (Å²) in [6.45, 7) is 0. The molecule has 6 nitrogen and oxygen atoms in total. The first-order valence-corrected chi connectivity index (χ1v) is 4.23. The minimum absolute atomic E-state index is 0.334. The molecule has 68 valence electrons. The predicted molar refractivity (Wildman–Crippen MR) is 49.7 cm³/mol. The molecule has 7 heteroatoms. The van der Waals surface area contributed by atoms with Crippen molar-refractivity contribution in [2.24, 2.45) is 7.05 Å². The lowest BCUT2D eigenvalue weighted by molar-refractivity contribution is 0.826. The largest absolute Gasteiger partial charge is 0.329 e. The highest BCUT2D eigenvalue weighted by atomic mass is 79.9. The van der Waals surface area contributed by atoms with E-state index in [1.807, 2.05) is 0 Å². The molecule has 0 aromatic carbocycles. The van der Waals surface area contributed by atoms with E-state index in [0.717, 1.165) is 0 Å². The van der Waals surface area contributed by atoms with Crippen LogP contribution < -0.4 is 11.2 Å². The van der Waals surface area contributed by atoms with Gasteiger partial charge < -0.3 is 0 Å². The first-order valence-electron chi connectivity index (χ1n) is 3.44. The Morgan fingerprint density at radius 1 is 1.46 bits per heavy atom. The van der Waals surface area contributed by atoms with Gasteiger partial charge in [0.25, 0.3) is 5.56 Å². The first kappa shape index (κ1) is 8.24. The summed E-state index contributed by atoms with van der Waals surface area (Å²) in [5.74, 6) is 0. The van der Waals surface area contributed by atoms with E-state index in [2.05, 4.69) is 31.1 Å². The maximum absolute atomic E-state index is 11.3. The first-order chi connectivity index (χ1) is 6.11. The third-order valence-corrected chi connectivity index (χ3v) is 2.35. The highest BCUT2D eigenvalue weighted by Crippen LogP contribution is 2.13. The van der Waals surface area contributed by atoms with Crippen molar-refractivity contribution in [2.45, 2.75) is 0 Å². The van der Waals surface area contributed by atoms with Gasteiger partial charge in [-0.1, -0.05) is 0 Å². The maximum atomic E-state index is 11.3. The molecule has 2 N–H and O–H groups in total. The summed E-state index contributed by atoms with van der Waals surface area (Å²) >= 11 is 3.12. The van der Waals surface area contributed by atoms with E-state index >= 15 is 0 Å². The van der Waals surface area contributed by atoms with Crippen molar-refractivity contribution in [1.29, 1.82) is 0 Å². The van der Waals surface area contributed by atoms with Crippen LogP contribution in [0.2, 0.25) is 0 Å². The Kier molecular flexibility index (Phi) is 1.62. The van der Waals surface area contributed by atoms with Gasteiger partial charge in [-0.05, 0) is 15.9 Å². The molecule has 2 aromatic rings. The standard InChI is InChI=1S/C6H5BrN4O2/c1-11-4-2(3(7)9-10-4)5(12)8-6(11)13/h1H3,(H,9,10)(H,8,12,13). The molecule has 2 heterocycles. The average molecular weight is 245 g/mol. The molecule has 0 radical (unpaired) electrons. The van der Waals surface area contributed by atoms with Gasteiger partial charge in [0.15, 0.2) is 5.65 Å². The number of aromatic amines is 2. The van der Waals surface area contributed by atoms with Crippen LogP contribution >= 0.6 is 15.9 Å². The molecular formula is C6H5BrN4O2. The number of hydrogen-bond acceptors (Lipinski definition) is 3. The molecule has 0 unspecified atom stereocenters. The molecule has 0 saturated heterocycles. The summed E-state index contributed by atoms with van der Waals surface area (Å²) in [6.07, 6.45) is 0. The van der Waals surface area contributed by atoms with Crippen LogP contribution in [0.1, 0.15) is 0 Å². The molecule has 0 spiro atoms. The second-order valence-corrected chi connectivity index (χ2v) is 3.35. The Labute approximate surface area is 79.7 Å². The number of hydrogen-bond donors (Lipinski definition) is 2. The van der Waals surface area contributed by atoms with Crippen LogP contribution in [0.3, 0.4) is 0 Å². The normalized spacial score (nSPS) is 10.9. The third kappa shape index (κ3) is 1.04. The van der Waals surface area contributed by atoms with Crippen molar-refractivity contribution in [3.8, 4) is 0 Å². The molecular weight excluding hydrogens is 240 g/mol. The smallest absolute Gasteiger partial charge is 0.279 e. The van der Waals surface area contributed by atoms with Crippen LogP contribution in [-0.2, 0) is 7.05 Å². The fourth-order valence-electron chi connectivity index (χ4n) is 1.10. The Hall–Kier alpha value is -1.37. The molecule has 0 aliphatic rings. The van der Waals surface area contributed by atoms with Gasteiger partial charge >= 0.3 is 5.69 Å². The van der Waals surface area contributed by atoms with Crippen LogP contribution in [-0.4, -0.2) is 19.7 Å². The van der Waals surface area contributed by atoms with Gasteiger partial charge in [0.1, 0.15) is 9.99 Å². The highest BCUT2D eigenvalue weighted by Gasteiger charge is 2.10. The third-order valence-electron chi connectivity index (χ3n) is 1.77. The van der Waals surface area contributed by atoms with E-state index in [0.29, 0.717) is 15.6 Å². The van der Waals surface area contributed by atoms with Gasteiger partial charge in [0, 0.05) is 7.05 Å². The summed E-state index contributed by atoms with van der Waals surface area (Å²) < 4.78 is 1.73. The number of rotatable bonds is 0. The lowest BCUT2D eigenvalue weighted by Crippen LogP contribution is -2.28. The molecule has 0 saturated carbocycles. The van der Waals surface area contributed by atoms with E-state index in [4.69, 9.17) is 0 Å². The zero-order valence-electron chi connectivity index (χ0n) is 6.59. The fourth-order valence-corrected chi connectivity index (χ4v) is 1.54. The molecule has 13 heavy (non-hydrogen) atoms.